The van der Waals surface area contributed by atoms with E-state index in [1.54, 1.807) is 0 Å². The summed E-state index contributed by atoms with van der Waals surface area (Å²) in [5.74, 6) is -0.120. The van der Waals surface area contributed by atoms with Crippen LogP contribution in [0.1, 0.15) is 71.1 Å². The maximum atomic E-state index is 11.7. The molecule has 0 aliphatic carbocycles. The van der Waals surface area contributed by atoms with Crippen LogP contribution in [0.2, 0.25) is 0 Å². The van der Waals surface area contributed by atoms with Crippen LogP contribution in [0.3, 0.4) is 0 Å². The van der Waals surface area contributed by atoms with E-state index in [9.17, 15) is 4.79 Å². The fourth-order valence-electron chi connectivity index (χ4n) is 2.88. The Hall–Kier alpha value is -0.730. The number of carbonyl (C=O) groups is 1. The van der Waals surface area contributed by atoms with Gasteiger partial charge in [-0.1, -0.05) is 58.3 Å². The van der Waals surface area contributed by atoms with Crippen LogP contribution in [-0.2, 0) is 28.5 Å². The Kier molecular flexibility index (Phi) is 24.9. The Balaban J connectivity index is 3.14. The molecule has 0 aromatic carbocycles. The van der Waals surface area contributed by atoms with Gasteiger partial charge in [-0.2, -0.15) is 0 Å². The van der Waals surface area contributed by atoms with Crippen molar-refractivity contribution in [2.75, 3.05) is 80.1 Å². The highest BCUT2D eigenvalue weighted by atomic mass is 16.6. The van der Waals surface area contributed by atoms with Gasteiger partial charge in [0.15, 0.2) is 0 Å². The third kappa shape index (κ3) is 27.2. The molecule has 31 heavy (non-hydrogen) atoms. The Bertz CT molecular complexity index is 368. The van der Waals surface area contributed by atoms with Gasteiger partial charge in [0.1, 0.15) is 6.61 Å². The summed E-state index contributed by atoms with van der Waals surface area (Å²) in [6.07, 6.45) is 11.7. The number of unbranched alkanes of at least 4 members (excludes halogenated alkanes) is 8. The molecule has 186 valence electrons. The van der Waals surface area contributed by atoms with Crippen LogP contribution in [0.15, 0.2) is 0 Å². The van der Waals surface area contributed by atoms with Gasteiger partial charge in [-0.05, 0) is 20.5 Å². The monoisotopic (exact) mass is 447 g/mol. The van der Waals surface area contributed by atoms with Crippen LogP contribution in [0.25, 0.3) is 0 Å². The number of nitrogens with zero attached hydrogens (tertiary/aromatic N) is 1. The lowest BCUT2D eigenvalue weighted by Crippen LogP contribution is -2.19. The van der Waals surface area contributed by atoms with Gasteiger partial charge in [-0.15, -0.1) is 0 Å². The summed E-state index contributed by atoms with van der Waals surface area (Å²) < 4.78 is 26.9. The van der Waals surface area contributed by atoms with Gasteiger partial charge in [0.05, 0.1) is 52.9 Å². The molecular weight excluding hydrogens is 398 g/mol. The molecule has 0 atom stereocenters. The molecule has 0 aromatic rings. The van der Waals surface area contributed by atoms with E-state index in [0.717, 1.165) is 26.0 Å². The molecule has 0 heterocycles. The lowest BCUT2D eigenvalue weighted by atomic mass is 10.1. The highest BCUT2D eigenvalue weighted by Crippen LogP contribution is 2.10. The number of ether oxygens (including phenoxy) is 5. The molecule has 0 amide bonds. The van der Waals surface area contributed by atoms with Crippen LogP contribution in [0.4, 0.5) is 0 Å². The molecule has 0 N–H and O–H groups in total. The standard InChI is InChI=1S/C24H49NO6/c1-4-5-6-7-8-9-10-11-12-13-24(26)31-23-22-30-21-20-29-19-18-28-17-16-27-15-14-25(2)3/h4-23H2,1-3H3. The molecule has 0 saturated heterocycles. The first-order valence-corrected chi connectivity index (χ1v) is 12.3. The smallest absolute Gasteiger partial charge is 0.305 e. The minimum absolute atomic E-state index is 0.120. The van der Waals surface area contributed by atoms with Crippen LogP contribution < -0.4 is 0 Å². The molecule has 0 aliphatic rings. The van der Waals surface area contributed by atoms with E-state index in [2.05, 4.69) is 11.8 Å². The van der Waals surface area contributed by atoms with Gasteiger partial charge in [0, 0.05) is 13.0 Å². The predicted octanol–water partition coefficient (Wildman–Crippen LogP) is 4.08. The van der Waals surface area contributed by atoms with Gasteiger partial charge in [-0.25, -0.2) is 0 Å². The molecule has 0 saturated carbocycles. The molecule has 0 spiro atoms. The molecule has 0 unspecified atom stereocenters. The van der Waals surface area contributed by atoms with Gasteiger partial charge in [-0.3, -0.25) is 4.79 Å². The second-order valence-electron chi connectivity index (χ2n) is 8.05. The highest BCUT2D eigenvalue weighted by Gasteiger charge is 2.02. The minimum Gasteiger partial charge on any atom is -0.463 e. The maximum absolute atomic E-state index is 11.7. The van der Waals surface area contributed by atoms with Crippen molar-refractivity contribution in [3.05, 3.63) is 0 Å². The number of rotatable bonds is 25. The van der Waals surface area contributed by atoms with Gasteiger partial charge < -0.3 is 28.6 Å². The lowest BCUT2D eigenvalue weighted by molar-refractivity contribution is -0.145. The molecular formula is C24H49NO6. The Labute approximate surface area is 191 Å². The number of hydrogen-bond acceptors (Lipinski definition) is 7. The molecule has 0 bridgehead atoms. The summed E-state index contributed by atoms with van der Waals surface area (Å²) in [4.78, 5) is 13.8. The summed E-state index contributed by atoms with van der Waals surface area (Å²) in [7, 11) is 4.04. The zero-order valence-corrected chi connectivity index (χ0v) is 20.5. The largest absolute Gasteiger partial charge is 0.463 e. The van der Waals surface area contributed by atoms with Crippen molar-refractivity contribution in [2.45, 2.75) is 71.1 Å². The molecule has 0 aromatic heterocycles. The summed E-state index contributed by atoms with van der Waals surface area (Å²) in [5, 5.41) is 0. The fraction of sp³-hybridized carbons (Fsp3) is 0.958. The third-order valence-electron chi connectivity index (χ3n) is 4.77. The fourth-order valence-corrected chi connectivity index (χ4v) is 2.88. The van der Waals surface area contributed by atoms with Crippen molar-refractivity contribution in [1.29, 1.82) is 0 Å². The van der Waals surface area contributed by atoms with E-state index >= 15 is 0 Å². The molecule has 0 radical (unpaired) electrons. The van der Waals surface area contributed by atoms with Crippen LogP contribution in [0, 0.1) is 0 Å². The van der Waals surface area contributed by atoms with Crippen molar-refractivity contribution >= 4 is 5.97 Å². The minimum atomic E-state index is -0.120. The van der Waals surface area contributed by atoms with Crippen LogP contribution in [0.5, 0.6) is 0 Å². The first kappa shape index (κ1) is 30.3. The predicted molar refractivity (Wildman–Crippen MR) is 125 cm³/mol. The third-order valence-corrected chi connectivity index (χ3v) is 4.77. The Morgan fingerprint density at radius 3 is 1.48 bits per heavy atom. The van der Waals surface area contributed by atoms with Crippen LogP contribution in [-0.4, -0.2) is 91.0 Å². The second kappa shape index (κ2) is 25.5. The number of likely N-dealkylation sites (N-methyl/N-ethyl adjacent to an activating group) is 1. The Morgan fingerprint density at radius 1 is 0.581 bits per heavy atom. The van der Waals surface area contributed by atoms with Crippen molar-refractivity contribution in [2.24, 2.45) is 0 Å². The lowest BCUT2D eigenvalue weighted by Gasteiger charge is -2.10. The topological polar surface area (TPSA) is 66.5 Å². The molecule has 0 fully saturated rings. The Morgan fingerprint density at radius 2 is 1.00 bits per heavy atom. The van der Waals surface area contributed by atoms with Gasteiger partial charge in [0.2, 0.25) is 0 Å². The molecule has 7 nitrogen and oxygen atoms in total. The van der Waals surface area contributed by atoms with E-state index in [4.69, 9.17) is 23.7 Å². The normalized spacial score (nSPS) is 11.4. The van der Waals surface area contributed by atoms with Crippen molar-refractivity contribution in [3.8, 4) is 0 Å². The SMILES string of the molecule is CCCCCCCCCCCC(=O)OCCOCCOCCOCCOCCN(C)C. The summed E-state index contributed by atoms with van der Waals surface area (Å²) in [6.45, 7) is 7.87. The highest BCUT2D eigenvalue weighted by molar-refractivity contribution is 5.69. The molecule has 0 rings (SSSR count). The first-order valence-electron chi connectivity index (χ1n) is 12.3. The summed E-state index contributed by atoms with van der Waals surface area (Å²) in [6, 6.07) is 0. The zero-order valence-electron chi connectivity index (χ0n) is 20.5. The summed E-state index contributed by atoms with van der Waals surface area (Å²) >= 11 is 0. The van der Waals surface area contributed by atoms with E-state index in [1.807, 2.05) is 14.1 Å². The average molecular weight is 448 g/mol. The van der Waals surface area contributed by atoms with E-state index in [1.165, 1.54) is 44.9 Å². The number of esters is 1. The van der Waals surface area contributed by atoms with Gasteiger partial charge in [0.25, 0.3) is 0 Å². The number of carbonyl (C=O) groups excluding carboxylic acids is 1. The second-order valence-corrected chi connectivity index (χ2v) is 8.05. The molecule has 0 aliphatic heterocycles. The molecule has 7 heteroatoms. The van der Waals surface area contributed by atoms with Crippen molar-refractivity contribution in [1.82, 2.24) is 4.90 Å². The summed E-state index contributed by atoms with van der Waals surface area (Å²) in [5.41, 5.74) is 0. The van der Waals surface area contributed by atoms with Crippen LogP contribution >= 0.6 is 0 Å². The van der Waals surface area contributed by atoms with E-state index in [-0.39, 0.29) is 5.97 Å². The van der Waals surface area contributed by atoms with E-state index in [0.29, 0.717) is 59.3 Å². The average Bonchev–Trinajstić information content (AvgIpc) is 2.75. The van der Waals surface area contributed by atoms with Crippen molar-refractivity contribution in [3.63, 3.8) is 0 Å². The first-order chi connectivity index (χ1) is 15.2. The van der Waals surface area contributed by atoms with Gasteiger partial charge >= 0.3 is 5.97 Å². The van der Waals surface area contributed by atoms with Crippen molar-refractivity contribution < 1.29 is 28.5 Å². The number of hydrogen-bond donors (Lipinski definition) is 0. The maximum Gasteiger partial charge on any atom is 0.305 e. The quantitative estimate of drug-likeness (QED) is 0.154. The zero-order chi connectivity index (χ0) is 22.8. The van der Waals surface area contributed by atoms with E-state index < -0.39 is 0 Å².